The van der Waals surface area contributed by atoms with Crippen LogP contribution in [0.3, 0.4) is 0 Å². The normalized spacial score (nSPS) is 11.7. The van der Waals surface area contributed by atoms with Gasteiger partial charge in [-0.1, -0.05) is 89.5 Å². The van der Waals surface area contributed by atoms with Crippen molar-refractivity contribution in [2.75, 3.05) is 5.32 Å². The van der Waals surface area contributed by atoms with Crippen LogP contribution in [0.4, 0.5) is 5.13 Å². The Balaban J connectivity index is 1.68. The van der Waals surface area contributed by atoms with E-state index in [1.807, 2.05) is 54.6 Å². The predicted molar refractivity (Wildman–Crippen MR) is 128 cm³/mol. The number of hydrogen-bond acceptors (Lipinski definition) is 5. The molecule has 0 aliphatic rings. The summed E-state index contributed by atoms with van der Waals surface area (Å²) in [6.45, 7) is 2.09. The van der Waals surface area contributed by atoms with Crippen LogP contribution in [0, 0.1) is 0 Å². The number of amides is 2. The lowest BCUT2D eigenvalue weighted by molar-refractivity contribution is -0.126. The molecule has 0 radical (unpaired) electrons. The van der Waals surface area contributed by atoms with E-state index >= 15 is 0 Å². The smallest absolute Gasteiger partial charge is 0.249 e. The summed E-state index contributed by atoms with van der Waals surface area (Å²) in [6, 6.07) is 16.7. The van der Waals surface area contributed by atoms with Crippen molar-refractivity contribution >= 4 is 44.2 Å². The monoisotopic (exact) mass is 500 g/mol. The van der Waals surface area contributed by atoms with Gasteiger partial charge in [0.05, 0.1) is 0 Å². The zero-order chi connectivity index (χ0) is 22.1. The van der Waals surface area contributed by atoms with Crippen LogP contribution in [0.25, 0.3) is 10.6 Å². The fraction of sp³-hybridized carbons (Fsp3) is 0.304. The van der Waals surface area contributed by atoms with Crippen LogP contribution in [-0.2, 0) is 16.0 Å². The zero-order valence-corrected chi connectivity index (χ0v) is 19.7. The van der Waals surface area contributed by atoms with E-state index in [0.29, 0.717) is 23.0 Å². The second kappa shape index (κ2) is 11.7. The number of halogens is 1. The molecule has 0 aliphatic carbocycles. The van der Waals surface area contributed by atoms with E-state index < -0.39 is 6.04 Å². The van der Waals surface area contributed by atoms with Gasteiger partial charge in [0.15, 0.2) is 0 Å². The van der Waals surface area contributed by atoms with Gasteiger partial charge in [0, 0.05) is 22.9 Å². The van der Waals surface area contributed by atoms with Crippen LogP contribution in [0.1, 0.15) is 38.2 Å². The largest absolute Gasteiger partial charge is 0.344 e. The van der Waals surface area contributed by atoms with E-state index in [1.54, 1.807) is 0 Å². The Hall–Kier alpha value is -2.58. The Morgan fingerprint density at radius 3 is 2.48 bits per heavy atom. The van der Waals surface area contributed by atoms with Gasteiger partial charge in [-0.05, 0) is 24.1 Å². The van der Waals surface area contributed by atoms with E-state index in [-0.39, 0.29) is 11.8 Å². The summed E-state index contributed by atoms with van der Waals surface area (Å²) < 4.78 is 0.979. The minimum atomic E-state index is -0.684. The van der Waals surface area contributed by atoms with Crippen molar-refractivity contribution in [3.05, 3.63) is 64.6 Å². The third-order valence-electron chi connectivity index (χ3n) is 4.69. The number of unbranched alkanes of at least 4 members (excludes halogenated alkanes) is 2. The highest BCUT2D eigenvalue weighted by Gasteiger charge is 2.22. The second-order valence-electron chi connectivity index (χ2n) is 7.18. The summed E-state index contributed by atoms with van der Waals surface area (Å²) in [5.41, 5.74) is 1.90. The number of benzene rings is 2. The summed E-state index contributed by atoms with van der Waals surface area (Å²) >= 11 is 4.71. The molecule has 162 valence electrons. The summed E-state index contributed by atoms with van der Waals surface area (Å²) in [7, 11) is 0. The molecular formula is C23H25BrN4O2S. The molecule has 3 rings (SSSR count). The molecular weight excluding hydrogens is 476 g/mol. The van der Waals surface area contributed by atoms with Gasteiger partial charge >= 0.3 is 0 Å². The fourth-order valence-electron chi connectivity index (χ4n) is 3.04. The van der Waals surface area contributed by atoms with Crippen LogP contribution in [0.15, 0.2) is 59.1 Å². The Labute approximate surface area is 194 Å². The molecule has 8 heteroatoms. The maximum absolute atomic E-state index is 13.0. The van der Waals surface area contributed by atoms with Crippen molar-refractivity contribution in [1.82, 2.24) is 15.5 Å². The van der Waals surface area contributed by atoms with Gasteiger partial charge in [0.25, 0.3) is 0 Å². The van der Waals surface area contributed by atoms with Crippen LogP contribution < -0.4 is 10.6 Å². The average Bonchev–Trinajstić information content (AvgIpc) is 3.23. The van der Waals surface area contributed by atoms with Crippen molar-refractivity contribution in [2.45, 2.75) is 45.1 Å². The van der Waals surface area contributed by atoms with Crippen molar-refractivity contribution in [3.8, 4) is 10.6 Å². The summed E-state index contributed by atoms with van der Waals surface area (Å²) in [4.78, 5) is 25.4. The molecule has 31 heavy (non-hydrogen) atoms. The first-order valence-corrected chi connectivity index (χ1v) is 11.9. The SMILES string of the molecule is CCCCCC(=O)N[C@H](Cc1ccccc1)C(=O)Nc1nnc(-c2ccc(Br)cc2)s1. The van der Waals surface area contributed by atoms with Gasteiger partial charge in [-0.2, -0.15) is 0 Å². The Morgan fingerprint density at radius 1 is 1.03 bits per heavy atom. The first kappa shape index (κ1) is 23.1. The molecule has 0 saturated heterocycles. The van der Waals surface area contributed by atoms with Crippen molar-refractivity contribution in [1.29, 1.82) is 0 Å². The highest BCUT2D eigenvalue weighted by atomic mass is 79.9. The minimum absolute atomic E-state index is 0.114. The molecule has 0 saturated carbocycles. The molecule has 2 N–H and O–H groups in total. The molecule has 1 heterocycles. The summed E-state index contributed by atoms with van der Waals surface area (Å²) in [6.07, 6.45) is 3.67. The number of hydrogen-bond donors (Lipinski definition) is 2. The first-order valence-electron chi connectivity index (χ1n) is 10.3. The fourth-order valence-corrected chi connectivity index (χ4v) is 4.05. The highest BCUT2D eigenvalue weighted by Crippen LogP contribution is 2.27. The molecule has 0 unspecified atom stereocenters. The maximum atomic E-state index is 13.0. The van der Waals surface area contributed by atoms with Crippen molar-refractivity contribution < 1.29 is 9.59 Å². The third kappa shape index (κ3) is 7.25. The molecule has 0 bridgehead atoms. The van der Waals surface area contributed by atoms with E-state index in [1.165, 1.54) is 11.3 Å². The molecule has 2 aromatic carbocycles. The van der Waals surface area contributed by atoms with Gasteiger partial charge in [0.1, 0.15) is 11.0 Å². The van der Waals surface area contributed by atoms with E-state index in [4.69, 9.17) is 0 Å². The molecule has 0 spiro atoms. The Kier molecular flexibility index (Phi) is 8.73. The number of anilines is 1. The standard InChI is InChI=1S/C23H25BrN4O2S/c1-2-3-5-10-20(29)25-19(15-16-8-6-4-7-9-16)21(30)26-23-28-27-22(31-23)17-11-13-18(24)14-12-17/h4,6-9,11-14,19H,2-3,5,10,15H2,1H3,(H,25,29)(H,26,28,30)/t19-/m1/s1. The number of carbonyl (C=O) groups is 2. The first-order chi connectivity index (χ1) is 15.0. The van der Waals surface area contributed by atoms with E-state index in [2.05, 4.69) is 43.7 Å². The second-order valence-corrected chi connectivity index (χ2v) is 9.07. The molecule has 0 aliphatic heterocycles. The molecule has 1 aromatic heterocycles. The predicted octanol–water partition coefficient (Wildman–Crippen LogP) is 5.21. The van der Waals surface area contributed by atoms with Crippen LogP contribution in [0.5, 0.6) is 0 Å². The molecule has 1 atom stereocenters. The summed E-state index contributed by atoms with van der Waals surface area (Å²) in [5, 5.41) is 15.1. The van der Waals surface area contributed by atoms with Crippen molar-refractivity contribution in [3.63, 3.8) is 0 Å². The summed E-state index contributed by atoms with van der Waals surface area (Å²) in [5.74, 6) is -0.413. The Bertz CT molecular complexity index is 992. The lowest BCUT2D eigenvalue weighted by Crippen LogP contribution is -2.45. The number of nitrogens with one attached hydrogen (secondary N) is 2. The van der Waals surface area contributed by atoms with Crippen LogP contribution >= 0.6 is 27.3 Å². The lowest BCUT2D eigenvalue weighted by atomic mass is 10.0. The number of carbonyl (C=O) groups excluding carboxylic acids is 2. The molecule has 6 nitrogen and oxygen atoms in total. The van der Waals surface area contributed by atoms with Gasteiger partial charge in [-0.15, -0.1) is 10.2 Å². The van der Waals surface area contributed by atoms with Crippen molar-refractivity contribution in [2.24, 2.45) is 0 Å². The maximum Gasteiger partial charge on any atom is 0.249 e. The third-order valence-corrected chi connectivity index (χ3v) is 6.10. The van der Waals surface area contributed by atoms with Gasteiger partial charge < -0.3 is 5.32 Å². The number of aromatic nitrogens is 2. The molecule has 2 amide bonds. The quantitative estimate of drug-likeness (QED) is 0.374. The van der Waals surface area contributed by atoms with Gasteiger partial charge in [0.2, 0.25) is 16.9 Å². The number of nitrogens with zero attached hydrogens (tertiary/aromatic N) is 2. The highest BCUT2D eigenvalue weighted by molar-refractivity contribution is 9.10. The minimum Gasteiger partial charge on any atom is -0.344 e. The number of rotatable bonds is 10. The van der Waals surface area contributed by atoms with Crippen LogP contribution in [0.2, 0.25) is 0 Å². The van der Waals surface area contributed by atoms with E-state index in [0.717, 1.165) is 34.9 Å². The zero-order valence-electron chi connectivity index (χ0n) is 17.3. The Morgan fingerprint density at radius 2 is 1.77 bits per heavy atom. The molecule has 3 aromatic rings. The lowest BCUT2D eigenvalue weighted by Gasteiger charge is -2.18. The molecule has 0 fully saturated rings. The average molecular weight is 501 g/mol. The van der Waals surface area contributed by atoms with Gasteiger partial charge in [-0.3, -0.25) is 14.9 Å². The van der Waals surface area contributed by atoms with E-state index in [9.17, 15) is 9.59 Å². The topological polar surface area (TPSA) is 84.0 Å². The van der Waals surface area contributed by atoms with Gasteiger partial charge in [-0.25, -0.2) is 0 Å². The van der Waals surface area contributed by atoms with Crippen LogP contribution in [-0.4, -0.2) is 28.1 Å².